The number of nitrogens with zero attached hydrogens (tertiary/aromatic N) is 6. The van der Waals surface area contributed by atoms with E-state index >= 15 is 0 Å². The number of hydrogen-bond acceptors (Lipinski definition) is 10. The number of imide groups is 2. The van der Waals surface area contributed by atoms with Crippen molar-refractivity contribution >= 4 is 23.6 Å². The third kappa shape index (κ3) is 4.28. The first-order valence-electron chi connectivity index (χ1n) is 10.7. The van der Waals surface area contributed by atoms with Crippen molar-refractivity contribution in [3.8, 4) is 22.8 Å². The number of rotatable bonds is 6. The minimum Gasteiger partial charge on any atom is -0.361 e. The SMILES string of the molecule is CN(Cc1nc(-c2cccc(-c3ccncc3)n2)no1)C1=CC(=O)N(C2CCC(=O)NC2=O)C1=O. The molecule has 1 N–H and O–H groups in total. The molecule has 0 bridgehead atoms. The highest BCUT2D eigenvalue weighted by molar-refractivity contribution is 6.18. The molecular weight excluding hydrogens is 454 g/mol. The zero-order chi connectivity index (χ0) is 24.5. The lowest BCUT2D eigenvalue weighted by atomic mass is 10.0. The van der Waals surface area contributed by atoms with E-state index in [4.69, 9.17) is 4.52 Å². The summed E-state index contributed by atoms with van der Waals surface area (Å²) in [6, 6.07) is 8.10. The molecule has 0 radical (unpaired) electrons. The van der Waals surface area contributed by atoms with Crippen LogP contribution in [0.25, 0.3) is 22.8 Å². The van der Waals surface area contributed by atoms with E-state index in [-0.39, 0.29) is 36.8 Å². The molecule has 0 spiro atoms. The molecule has 5 rings (SSSR count). The summed E-state index contributed by atoms with van der Waals surface area (Å²) in [6.07, 6.45) is 4.66. The molecule has 4 amide bonds. The molecule has 0 aromatic carbocycles. The second-order valence-corrected chi connectivity index (χ2v) is 8.02. The van der Waals surface area contributed by atoms with E-state index < -0.39 is 29.7 Å². The molecule has 0 saturated carbocycles. The highest BCUT2D eigenvalue weighted by Gasteiger charge is 2.43. The minimum atomic E-state index is -1.02. The zero-order valence-electron chi connectivity index (χ0n) is 18.5. The van der Waals surface area contributed by atoms with E-state index in [0.717, 1.165) is 22.2 Å². The maximum absolute atomic E-state index is 12.9. The predicted octanol–water partition coefficient (Wildman–Crippen LogP) is 0.683. The van der Waals surface area contributed by atoms with Crippen molar-refractivity contribution < 1.29 is 23.7 Å². The fraction of sp³-hybridized carbons (Fsp3) is 0.217. The molecule has 2 aliphatic heterocycles. The number of hydrogen-bond donors (Lipinski definition) is 1. The Balaban J connectivity index is 1.29. The van der Waals surface area contributed by atoms with Gasteiger partial charge in [-0.15, -0.1) is 0 Å². The van der Waals surface area contributed by atoms with E-state index in [9.17, 15) is 19.2 Å². The van der Waals surface area contributed by atoms with Crippen LogP contribution in [0, 0.1) is 0 Å². The van der Waals surface area contributed by atoms with Crippen LogP contribution in [0.3, 0.4) is 0 Å². The Labute approximate surface area is 198 Å². The van der Waals surface area contributed by atoms with Crippen LogP contribution >= 0.6 is 0 Å². The Morgan fingerprint density at radius 2 is 1.86 bits per heavy atom. The number of nitrogens with one attached hydrogen (secondary N) is 1. The third-order valence-electron chi connectivity index (χ3n) is 5.66. The van der Waals surface area contributed by atoms with E-state index in [1.165, 1.54) is 4.90 Å². The Kier molecular flexibility index (Phi) is 5.61. The smallest absolute Gasteiger partial charge is 0.277 e. The maximum atomic E-state index is 12.9. The van der Waals surface area contributed by atoms with Crippen molar-refractivity contribution in [1.29, 1.82) is 0 Å². The van der Waals surface area contributed by atoms with Crippen LogP contribution in [0.15, 0.2) is 59.0 Å². The van der Waals surface area contributed by atoms with Gasteiger partial charge in [0.2, 0.25) is 23.5 Å². The first-order valence-corrected chi connectivity index (χ1v) is 10.7. The van der Waals surface area contributed by atoms with Crippen molar-refractivity contribution in [3.05, 3.63) is 60.4 Å². The van der Waals surface area contributed by atoms with Crippen LogP contribution in [-0.2, 0) is 25.7 Å². The van der Waals surface area contributed by atoms with Gasteiger partial charge >= 0.3 is 0 Å². The van der Waals surface area contributed by atoms with E-state index in [1.807, 2.05) is 24.3 Å². The number of likely N-dealkylation sites (N-methyl/N-ethyl adjacent to an activating group) is 1. The van der Waals surface area contributed by atoms with Crippen LogP contribution in [0.2, 0.25) is 0 Å². The van der Waals surface area contributed by atoms with Crippen molar-refractivity contribution in [3.63, 3.8) is 0 Å². The minimum absolute atomic E-state index is 0.0467. The number of piperidine rings is 1. The van der Waals surface area contributed by atoms with Crippen LogP contribution < -0.4 is 5.32 Å². The Morgan fingerprint density at radius 3 is 2.63 bits per heavy atom. The fourth-order valence-corrected chi connectivity index (χ4v) is 3.92. The van der Waals surface area contributed by atoms with Gasteiger partial charge in [0.1, 0.15) is 17.4 Å². The molecule has 2 aliphatic rings. The first-order chi connectivity index (χ1) is 16.9. The topological polar surface area (TPSA) is 151 Å². The van der Waals surface area contributed by atoms with Gasteiger partial charge in [-0.3, -0.25) is 34.4 Å². The summed E-state index contributed by atoms with van der Waals surface area (Å²) in [5.41, 5.74) is 2.20. The molecule has 1 saturated heterocycles. The van der Waals surface area contributed by atoms with E-state index in [1.54, 1.807) is 25.5 Å². The fourth-order valence-electron chi connectivity index (χ4n) is 3.92. The zero-order valence-corrected chi connectivity index (χ0v) is 18.5. The van der Waals surface area contributed by atoms with Crippen LogP contribution in [0.4, 0.5) is 0 Å². The Bertz CT molecular complexity index is 1370. The van der Waals surface area contributed by atoms with Gasteiger partial charge in [-0.2, -0.15) is 4.98 Å². The number of amides is 4. The molecule has 5 heterocycles. The van der Waals surface area contributed by atoms with Crippen LogP contribution in [-0.4, -0.2) is 66.6 Å². The molecule has 12 heteroatoms. The van der Waals surface area contributed by atoms with Gasteiger partial charge in [-0.25, -0.2) is 4.98 Å². The summed E-state index contributed by atoms with van der Waals surface area (Å²) in [5, 5.41) is 6.15. The number of carbonyl (C=O) groups is 4. The molecule has 3 aromatic heterocycles. The number of pyridine rings is 2. The average Bonchev–Trinajstić information content (AvgIpc) is 3.44. The maximum Gasteiger partial charge on any atom is 0.277 e. The summed E-state index contributed by atoms with van der Waals surface area (Å²) >= 11 is 0. The second kappa shape index (κ2) is 8.89. The summed E-state index contributed by atoms with van der Waals surface area (Å²) in [6.45, 7) is 0.0467. The lowest BCUT2D eigenvalue weighted by Gasteiger charge is -2.29. The van der Waals surface area contributed by atoms with Gasteiger partial charge in [0.25, 0.3) is 11.8 Å². The molecule has 1 atom stereocenters. The van der Waals surface area contributed by atoms with Crippen molar-refractivity contribution in [2.24, 2.45) is 0 Å². The molecule has 176 valence electrons. The van der Waals surface area contributed by atoms with Crippen molar-refractivity contribution in [1.82, 2.24) is 35.2 Å². The Hall–Kier alpha value is -4.74. The third-order valence-corrected chi connectivity index (χ3v) is 5.66. The molecule has 1 unspecified atom stereocenters. The average molecular weight is 473 g/mol. The van der Waals surface area contributed by atoms with Gasteiger partial charge in [-0.05, 0) is 30.7 Å². The van der Waals surface area contributed by atoms with Gasteiger partial charge in [0.15, 0.2) is 0 Å². The predicted molar refractivity (Wildman–Crippen MR) is 118 cm³/mol. The normalized spacial score (nSPS) is 18.0. The highest BCUT2D eigenvalue weighted by Crippen LogP contribution is 2.24. The van der Waals surface area contributed by atoms with Gasteiger partial charge < -0.3 is 9.42 Å². The molecule has 3 aromatic rings. The standard InChI is InChI=1S/C23H19N7O5/c1-29(17-11-20(32)30(23(17)34)16-5-6-18(31)26-22(16)33)12-19-27-21(28-35-19)15-4-2-3-14(25-15)13-7-9-24-10-8-13/h2-4,7-11,16H,5-6,12H2,1H3,(H,26,31,33). The lowest BCUT2D eigenvalue weighted by molar-refractivity contribution is -0.150. The molecule has 0 aliphatic carbocycles. The summed E-state index contributed by atoms with van der Waals surface area (Å²) in [4.78, 5) is 64.3. The monoisotopic (exact) mass is 473 g/mol. The van der Waals surface area contributed by atoms with Gasteiger partial charge in [-0.1, -0.05) is 11.2 Å². The summed E-state index contributed by atoms with van der Waals surface area (Å²) in [7, 11) is 1.59. The molecule has 12 nitrogen and oxygen atoms in total. The molecule has 35 heavy (non-hydrogen) atoms. The van der Waals surface area contributed by atoms with Crippen molar-refractivity contribution in [2.75, 3.05) is 7.05 Å². The molecule has 1 fully saturated rings. The number of carbonyl (C=O) groups excluding carboxylic acids is 4. The lowest BCUT2D eigenvalue weighted by Crippen LogP contribution is -2.54. The van der Waals surface area contributed by atoms with Gasteiger partial charge in [0.05, 0.1) is 12.2 Å². The second-order valence-electron chi connectivity index (χ2n) is 8.02. The van der Waals surface area contributed by atoms with E-state index in [2.05, 4.69) is 25.4 Å². The molecular formula is C23H19N7O5. The van der Waals surface area contributed by atoms with Crippen molar-refractivity contribution in [2.45, 2.75) is 25.4 Å². The highest BCUT2D eigenvalue weighted by atomic mass is 16.5. The van der Waals surface area contributed by atoms with Crippen LogP contribution in [0.5, 0.6) is 0 Å². The largest absolute Gasteiger partial charge is 0.361 e. The Morgan fingerprint density at radius 1 is 1.09 bits per heavy atom. The quantitative estimate of drug-likeness (QED) is 0.506. The summed E-state index contributed by atoms with van der Waals surface area (Å²) in [5.74, 6) is -1.85. The summed E-state index contributed by atoms with van der Waals surface area (Å²) < 4.78 is 5.34. The first kappa shape index (κ1) is 22.1. The van der Waals surface area contributed by atoms with Crippen LogP contribution in [0.1, 0.15) is 18.7 Å². The van der Waals surface area contributed by atoms with E-state index in [0.29, 0.717) is 5.69 Å². The van der Waals surface area contributed by atoms with Gasteiger partial charge in [0, 0.05) is 37.5 Å². The number of aromatic nitrogens is 4.